The molecule has 5 rings (SSSR count). The number of ether oxygens (including phenoxy) is 1. The van der Waals surface area contributed by atoms with Crippen LogP contribution in [0.5, 0.6) is 0 Å². The zero-order valence-corrected chi connectivity index (χ0v) is 18.0. The number of nitrogens with zero attached hydrogens (tertiary/aromatic N) is 2. The quantitative estimate of drug-likeness (QED) is 0.765. The van der Waals surface area contributed by atoms with Gasteiger partial charge in [-0.1, -0.05) is 25.1 Å². The van der Waals surface area contributed by atoms with Gasteiger partial charge in [0.2, 0.25) is 0 Å². The average Bonchev–Trinajstić information content (AvgIpc) is 3.17. The van der Waals surface area contributed by atoms with Crippen molar-refractivity contribution in [1.29, 1.82) is 0 Å². The molecule has 0 aliphatic carbocycles. The number of carbonyl (C=O) groups is 1. The lowest BCUT2D eigenvalue weighted by Gasteiger charge is -2.47. The molecular formula is C24H30N2O2S. The molecule has 4 heterocycles. The van der Waals surface area contributed by atoms with Crippen LogP contribution >= 0.6 is 11.3 Å². The van der Waals surface area contributed by atoms with E-state index in [9.17, 15) is 4.79 Å². The van der Waals surface area contributed by atoms with Crippen LogP contribution in [0.25, 0.3) is 0 Å². The molecule has 0 N–H and O–H groups in total. The first-order chi connectivity index (χ1) is 14.2. The van der Waals surface area contributed by atoms with Crippen LogP contribution in [0.4, 0.5) is 0 Å². The fourth-order valence-electron chi connectivity index (χ4n) is 5.14. The molecule has 0 saturated carbocycles. The Balaban J connectivity index is 1.14. The number of hydrogen-bond donors (Lipinski definition) is 0. The van der Waals surface area contributed by atoms with E-state index in [2.05, 4.69) is 17.9 Å². The highest BCUT2D eigenvalue weighted by Gasteiger charge is 2.42. The van der Waals surface area contributed by atoms with Gasteiger partial charge in [0.1, 0.15) is 0 Å². The number of aryl methyl sites for hydroxylation is 1. The van der Waals surface area contributed by atoms with Gasteiger partial charge in [-0.3, -0.25) is 4.79 Å². The second-order valence-corrected chi connectivity index (χ2v) is 9.96. The van der Waals surface area contributed by atoms with Crippen molar-refractivity contribution in [2.45, 2.75) is 38.2 Å². The normalized spacial score (nSPS) is 21.8. The van der Waals surface area contributed by atoms with Gasteiger partial charge in [-0.2, -0.15) is 0 Å². The first-order valence-corrected chi connectivity index (χ1v) is 11.8. The smallest absolute Gasteiger partial charge is 0.253 e. The molecule has 1 amide bonds. The van der Waals surface area contributed by atoms with E-state index in [1.165, 1.54) is 10.4 Å². The summed E-state index contributed by atoms with van der Waals surface area (Å²) >= 11 is 2.00. The maximum Gasteiger partial charge on any atom is 0.253 e. The van der Waals surface area contributed by atoms with Crippen LogP contribution in [0.3, 0.4) is 0 Å². The molecule has 1 aromatic heterocycles. The van der Waals surface area contributed by atoms with Crippen LogP contribution in [-0.2, 0) is 23.2 Å². The van der Waals surface area contributed by atoms with Crippen LogP contribution in [0, 0.1) is 5.92 Å². The Bertz CT molecular complexity index is 864. The van der Waals surface area contributed by atoms with E-state index in [4.69, 9.17) is 4.74 Å². The molecule has 1 aromatic carbocycles. The maximum atomic E-state index is 12.5. The summed E-state index contributed by atoms with van der Waals surface area (Å²) in [6, 6.07) is 12.1. The first kappa shape index (κ1) is 19.3. The number of likely N-dealkylation sites (tertiary alicyclic amines) is 2. The maximum absolute atomic E-state index is 12.5. The second-order valence-electron chi connectivity index (χ2n) is 8.74. The number of fused-ring (bicyclic) bond motifs is 2. The molecule has 3 aliphatic heterocycles. The highest BCUT2D eigenvalue weighted by molar-refractivity contribution is 7.12. The molecule has 0 radical (unpaired) electrons. The number of piperidine rings is 1. The molecule has 2 aromatic rings. The molecule has 2 saturated heterocycles. The minimum absolute atomic E-state index is 0.0388. The lowest BCUT2D eigenvalue weighted by molar-refractivity contribution is -0.1000. The van der Waals surface area contributed by atoms with Crippen molar-refractivity contribution in [2.75, 3.05) is 39.3 Å². The lowest BCUT2D eigenvalue weighted by Crippen LogP contribution is -2.55. The molecule has 1 spiro atoms. The van der Waals surface area contributed by atoms with Crippen LogP contribution in [0.1, 0.15) is 45.4 Å². The van der Waals surface area contributed by atoms with E-state index in [0.717, 1.165) is 70.6 Å². The lowest BCUT2D eigenvalue weighted by atomic mass is 9.82. The van der Waals surface area contributed by atoms with Gasteiger partial charge in [-0.05, 0) is 43.0 Å². The van der Waals surface area contributed by atoms with Crippen LogP contribution in [-0.4, -0.2) is 55.0 Å². The highest BCUT2D eigenvalue weighted by Crippen LogP contribution is 2.44. The minimum atomic E-state index is -0.0388. The van der Waals surface area contributed by atoms with Gasteiger partial charge < -0.3 is 14.5 Å². The van der Waals surface area contributed by atoms with Gasteiger partial charge in [0.05, 0.1) is 12.2 Å². The van der Waals surface area contributed by atoms with Crippen molar-refractivity contribution in [3.8, 4) is 0 Å². The molecule has 0 atom stereocenters. The highest BCUT2D eigenvalue weighted by atomic mass is 32.1. The Hall–Kier alpha value is -1.69. The summed E-state index contributed by atoms with van der Waals surface area (Å²) < 4.78 is 6.41. The Kier molecular flexibility index (Phi) is 5.23. The summed E-state index contributed by atoms with van der Waals surface area (Å²) in [6.45, 7) is 8.19. The standard InChI is InChI=1S/C24H30N2O2S/c1-2-20-14-21-22(29-20)8-13-28-24(21)9-11-25(12-10-24)15-18-16-26(17-18)23(27)19-6-4-3-5-7-19/h3-7,14,18H,2,8-13,15-17H2,1H3. The second kappa shape index (κ2) is 7.86. The topological polar surface area (TPSA) is 32.8 Å². The Labute approximate surface area is 177 Å². The van der Waals surface area contributed by atoms with E-state index in [0.29, 0.717) is 5.92 Å². The van der Waals surface area contributed by atoms with Crippen molar-refractivity contribution in [2.24, 2.45) is 5.92 Å². The summed E-state index contributed by atoms with van der Waals surface area (Å²) in [5.41, 5.74) is 2.26. The largest absolute Gasteiger partial charge is 0.370 e. The van der Waals surface area contributed by atoms with Crippen molar-refractivity contribution in [3.63, 3.8) is 0 Å². The Morgan fingerprint density at radius 3 is 2.69 bits per heavy atom. The molecule has 4 nitrogen and oxygen atoms in total. The van der Waals surface area contributed by atoms with Crippen LogP contribution in [0.15, 0.2) is 36.4 Å². The average molecular weight is 411 g/mol. The first-order valence-electron chi connectivity index (χ1n) is 11.0. The summed E-state index contributed by atoms with van der Waals surface area (Å²) in [4.78, 5) is 20.1. The van der Waals surface area contributed by atoms with E-state index in [1.807, 2.05) is 46.6 Å². The zero-order valence-electron chi connectivity index (χ0n) is 17.2. The fourth-order valence-corrected chi connectivity index (χ4v) is 6.31. The number of hydrogen-bond acceptors (Lipinski definition) is 4. The molecule has 5 heteroatoms. The minimum Gasteiger partial charge on any atom is -0.370 e. The van der Waals surface area contributed by atoms with Crippen LogP contribution < -0.4 is 0 Å². The summed E-state index contributed by atoms with van der Waals surface area (Å²) in [5.74, 6) is 0.777. The molecule has 0 bridgehead atoms. The van der Waals surface area contributed by atoms with Crippen molar-refractivity contribution >= 4 is 17.2 Å². The van der Waals surface area contributed by atoms with Gasteiger partial charge in [-0.15, -0.1) is 11.3 Å². The van der Waals surface area contributed by atoms with Gasteiger partial charge in [-0.25, -0.2) is 0 Å². The van der Waals surface area contributed by atoms with Crippen molar-refractivity contribution in [1.82, 2.24) is 9.80 Å². The van der Waals surface area contributed by atoms with Gasteiger partial charge in [0.15, 0.2) is 0 Å². The molecule has 0 unspecified atom stereocenters. The van der Waals surface area contributed by atoms with Crippen LogP contribution in [0.2, 0.25) is 0 Å². The summed E-state index contributed by atoms with van der Waals surface area (Å²) in [6.07, 6.45) is 4.40. The summed E-state index contributed by atoms with van der Waals surface area (Å²) in [5, 5.41) is 0. The molecule has 154 valence electrons. The predicted molar refractivity (Wildman–Crippen MR) is 117 cm³/mol. The third-order valence-electron chi connectivity index (χ3n) is 6.85. The number of amides is 1. The Morgan fingerprint density at radius 2 is 1.97 bits per heavy atom. The van der Waals surface area contributed by atoms with Crippen molar-refractivity contribution in [3.05, 3.63) is 57.3 Å². The van der Waals surface area contributed by atoms with Crippen molar-refractivity contribution < 1.29 is 9.53 Å². The van der Waals surface area contributed by atoms with E-state index < -0.39 is 0 Å². The fraction of sp³-hybridized carbons (Fsp3) is 0.542. The van der Waals surface area contributed by atoms with E-state index in [-0.39, 0.29) is 11.5 Å². The molecular weight excluding hydrogens is 380 g/mol. The van der Waals surface area contributed by atoms with Gasteiger partial charge >= 0.3 is 0 Å². The Morgan fingerprint density at radius 1 is 1.21 bits per heavy atom. The summed E-state index contributed by atoms with van der Waals surface area (Å²) in [7, 11) is 0. The third kappa shape index (κ3) is 3.65. The predicted octanol–water partition coefficient (Wildman–Crippen LogP) is 3.95. The SMILES string of the molecule is CCc1cc2c(s1)CCOC21CCN(CC2CN(C(=O)c3ccccc3)C2)CC1. The van der Waals surface area contributed by atoms with Gasteiger partial charge in [0.25, 0.3) is 5.91 Å². The number of carbonyl (C=O) groups excluding carboxylic acids is 1. The number of thiophene rings is 1. The molecule has 3 aliphatic rings. The number of benzene rings is 1. The molecule has 2 fully saturated rings. The van der Waals surface area contributed by atoms with Gasteiger partial charge in [0, 0.05) is 60.4 Å². The van der Waals surface area contributed by atoms with E-state index >= 15 is 0 Å². The third-order valence-corrected chi connectivity index (χ3v) is 8.19. The van der Waals surface area contributed by atoms with E-state index in [1.54, 1.807) is 4.88 Å². The zero-order chi connectivity index (χ0) is 19.8. The molecule has 29 heavy (non-hydrogen) atoms. The number of rotatable bonds is 4. The monoisotopic (exact) mass is 410 g/mol.